The Morgan fingerprint density at radius 2 is 2.11 bits per heavy atom. The molecule has 1 aromatic heterocycles. The first-order chi connectivity index (χ1) is 8.34. The molecule has 2 heterocycles. The molecule has 0 saturated carbocycles. The average molecular weight is 250 g/mol. The molecule has 1 aliphatic rings. The van der Waals surface area contributed by atoms with Crippen LogP contribution in [0.5, 0.6) is 0 Å². The minimum Gasteiger partial charge on any atom is -0.467 e. The largest absolute Gasteiger partial charge is 0.467 e. The standard InChI is InChI=1S/C13H18N2O3/c1-8(10-6-5-7-18-10)15-9(2)11(16)14-13(3,4)12(15)17/h5-9H,1-4H3,(H,14,16). The summed E-state index contributed by atoms with van der Waals surface area (Å²) >= 11 is 0. The predicted octanol–water partition coefficient (Wildman–Crippen LogP) is 1.47. The van der Waals surface area contributed by atoms with Crippen molar-refractivity contribution in [2.75, 3.05) is 0 Å². The van der Waals surface area contributed by atoms with Gasteiger partial charge in [-0.1, -0.05) is 0 Å². The van der Waals surface area contributed by atoms with Gasteiger partial charge in [0.2, 0.25) is 11.8 Å². The van der Waals surface area contributed by atoms with E-state index in [1.54, 1.807) is 38.0 Å². The highest BCUT2D eigenvalue weighted by Gasteiger charge is 2.45. The highest BCUT2D eigenvalue weighted by Crippen LogP contribution is 2.28. The van der Waals surface area contributed by atoms with Gasteiger partial charge < -0.3 is 14.6 Å². The number of nitrogens with one attached hydrogen (secondary N) is 1. The molecular formula is C13H18N2O3. The van der Waals surface area contributed by atoms with E-state index in [0.29, 0.717) is 5.76 Å². The van der Waals surface area contributed by atoms with Gasteiger partial charge in [-0.05, 0) is 39.8 Å². The molecule has 0 bridgehead atoms. The molecule has 5 heteroatoms. The summed E-state index contributed by atoms with van der Waals surface area (Å²) in [5, 5.41) is 2.72. The van der Waals surface area contributed by atoms with Gasteiger partial charge in [-0.2, -0.15) is 0 Å². The summed E-state index contributed by atoms with van der Waals surface area (Å²) in [5.74, 6) is 0.442. The van der Waals surface area contributed by atoms with Gasteiger partial charge in [0.1, 0.15) is 17.3 Å². The van der Waals surface area contributed by atoms with Crippen LogP contribution in [0.15, 0.2) is 22.8 Å². The summed E-state index contributed by atoms with van der Waals surface area (Å²) in [6.45, 7) is 7.01. The number of furan rings is 1. The Morgan fingerprint density at radius 3 is 2.67 bits per heavy atom. The molecule has 0 radical (unpaired) electrons. The highest BCUT2D eigenvalue weighted by atomic mass is 16.3. The second kappa shape index (κ2) is 4.15. The van der Waals surface area contributed by atoms with Crippen LogP contribution in [0.4, 0.5) is 0 Å². The summed E-state index contributed by atoms with van der Waals surface area (Å²) in [4.78, 5) is 25.9. The van der Waals surface area contributed by atoms with Crippen LogP contribution >= 0.6 is 0 Å². The Morgan fingerprint density at radius 1 is 1.44 bits per heavy atom. The lowest BCUT2D eigenvalue weighted by Gasteiger charge is -2.43. The van der Waals surface area contributed by atoms with Gasteiger partial charge in [0.05, 0.1) is 12.3 Å². The van der Waals surface area contributed by atoms with Gasteiger partial charge >= 0.3 is 0 Å². The first-order valence-corrected chi connectivity index (χ1v) is 6.03. The summed E-state index contributed by atoms with van der Waals surface area (Å²) in [5.41, 5.74) is -0.871. The van der Waals surface area contributed by atoms with E-state index in [1.165, 1.54) is 0 Å². The maximum Gasteiger partial charge on any atom is 0.249 e. The van der Waals surface area contributed by atoms with Crippen molar-refractivity contribution in [3.05, 3.63) is 24.2 Å². The topological polar surface area (TPSA) is 62.6 Å². The van der Waals surface area contributed by atoms with E-state index >= 15 is 0 Å². The fourth-order valence-corrected chi connectivity index (χ4v) is 2.27. The molecule has 1 fully saturated rings. The van der Waals surface area contributed by atoms with Gasteiger partial charge in [0.25, 0.3) is 0 Å². The number of hydrogen-bond donors (Lipinski definition) is 1. The van der Waals surface area contributed by atoms with E-state index in [1.807, 2.05) is 13.0 Å². The summed E-state index contributed by atoms with van der Waals surface area (Å²) < 4.78 is 5.32. The highest BCUT2D eigenvalue weighted by molar-refractivity contribution is 5.99. The molecule has 1 saturated heterocycles. The van der Waals surface area contributed by atoms with Gasteiger partial charge in [-0.25, -0.2) is 0 Å². The van der Waals surface area contributed by atoms with Crippen LogP contribution in [0.25, 0.3) is 0 Å². The molecule has 18 heavy (non-hydrogen) atoms. The maximum atomic E-state index is 12.4. The summed E-state index contributed by atoms with van der Waals surface area (Å²) in [6.07, 6.45) is 1.57. The van der Waals surface area contributed by atoms with Crippen molar-refractivity contribution in [3.8, 4) is 0 Å². The number of carbonyl (C=O) groups excluding carboxylic acids is 2. The Labute approximate surface area is 106 Å². The molecule has 1 aromatic rings. The van der Waals surface area contributed by atoms with Crippen molar-refractivity contribution >= 4 is 11.8 Å². The number of nitrogens with zero attached hydrogens (tertiary/aromatic N) is 1. The zero-order valence-electron chi connectivity index (χ0n) is 11.1. The molecule has 0 spiro atoms. The van der Waals surface area contributed by atoms with Gasteiger partial charge in [0.15, 0.2) is 0 Å². The van der Waals surface area contributed by atoms with Gasteiger partial charge in [0, 0.05) is 0 Å². The number of amides is 2. The van der Waals surface area contributed by atoms with Crippen LogP contribution in [0, 0.1) is 0 Å². The van der Waals surface area contributed by atoms with Crippen LogP contribution in [-0.4, -0.2) is 28.3 Å². The molecule has 2 rings (SSSR count). The predicted molar refractivity (Wildman–Crippen MR) is 65.7 cm³/mol. The molecule has 1 aliphatic heterocycles. The Hall–Kier alpha value is -1.78. The lowest BCUT2D eigenvalue weighted by molar-refractivity contribution is -0.155. The van der Waals surface area contributed by atoms with E-state index < -0.39 is 11.6 Å². The van der Waals surface area contributed by atoms with Gasteiger partial charge in [-0.15, -0.1) is 0 Å². The van der Waals surface area contributed by atoms with Crippen molar-refractivity contribution in [1.29, 1.82) is 0 Å². The van der Waals surface area contributed by atoms with E-state index in [2.05, 4.69) is 5.32 Å². The Bertz CT molecular complexity index is 465. The number of hydrogen-bond acceptors (Lipinski definition) is 3. The normalized spacial score (nSPS) is 24.9. The number of piperazine rings is 1. The average Bonchev–Trinajstić information content (AvgIpc) is 2.79. The fraction of sp³-hybridized carbons (Fsp3) is 0.538. The lowest BCUT2D eigenvalue weighted by Crippen LogP contribution is -2.67. The van der Waals surface area contributed by atoms with E-state index in [0.717, 1.165) is 0 Å². The molecule has 98 valence electrons. The van der Waals surface area contributed by atoms with Crippen LogP contribution in [0.2, 0.25) is 0 Å². The molecule has 0 aliphatic carbocycles. The van der Waals surface area contributed by atoms with Crippen molar-refractivity contribution in [2.45, 2.75) is 45.3 Å². The van der Waals surface area contributed by atoms with E-state index in [9.17, 15) is 9.59 Å². The van der Waals surface area contributed by atoms with Crippen molar-refractivity contribution in [2.24, 2.45) is 0 Å². The molecule has 0 aromatic carbocycles. The van der Waals surface area contributed by atoms with Crippen LogP contribution < -0.4 is 5.32 Å². The summed E-state index contributed by atoms with van der Waals surface area (Å²) in [7, 11) is 0. The third-order valence-corrected chi connectivity index (χ3v) is 3.37. The van der Waals surface area contributed by atoms with Crippen LogP contribution in [0.1, 0.15) is 39.5 Å². The quantitative estimate of drug-likeness (QED) is 0.864. The molecule has 2 atom stereocenters. The van der Waals surface area contributed by atoms with Crippen LogP contribution in [-0.2, 0) is 9.59 Å². The zero-order chi connectivity index (χ0) is 13.5. The third-order valence-electron chi connectivity index (χ3n) is 3.37. The molecule has 2 amide bonds. The second-order valence-electron chi connectivity index (χ2n) is 5.19. The molecular weight excluding hydrogens is 232 g/mol. The Balaban J connectivity index is 2.34. The minimum atomic E-state index is -0.871. The smallest absolute Gasteiger partial charge is 0.249 e. The molecule has 1 N–H and O–H groups in total. The number of carbonyl (C=O) groups is 2. The monoisotopic (exact) mass is 250 g/mol. The first kappa shape index (κ1) is 12.7. The van der Waals surface area contributed by atoms with Crippen molar-refractivity contribution in [3.63, 3.8) is 0 Å². The number of rotatable bonds is 2. The van der Waals surface area contributed by atoms with Crippen molar-refractivity contribution < 1.29 is 14.0 Å². The van der Waals surface area contributed by atoms with Gasteiger partial charge in [-0.3, -0.25) is 9.59 Å². The fourth-order valence-electron chi connectivity index (χ4n) is 2.27. The van der Waals surface area contributed by atoms with Crippen LogP contribution in [0.3, 0.4) is 0 Å². The molecule has 5 nitrogen and oxygen atoms in total. The Kier molecular flexibility index (Phi) is 2.92. The van der Waals surface area contributed by atoms with E-state index in [-0.39, 0.29) is 17.9 Å². The third kappa shape index (κ3) is 1.89. The van der Waals surface area contributed by atoms with Crippen molar-refractivity contribution in [1.82, 2.24) is 10.2 Å². The molecule has 2 unspecified atom stereocenters. The summed E-state index contributed by atoms with van der Waals surface area (Å²) in [6, 6.07) is 2.83. The SMILES string of the molecule is CC1C(=O)NC(C)(C)C(=O)N1C(C)c1ccco1. The maximum absolute atomic E-state index is 12.4. The zero-order valence-corrected chi connectivity index (χ0v) is 11.1. The van der Waals surface area contributed by atoms with E-state index in [4.69, 9.17) is 4.42 Å². The lowest BCUT2D eigenvalue weighted by atomic mass is 9.95. The minimum absolute atomic E-state index is 0.0986. The first-order valence-electron chi connectivity index (χ1n) is 6.03. The second-order valence-corrected chi connectivity index (χ2v) is 5.19.